The van der Waals surface area contributed by atoms with Gasteiger partial charge in [-0.25, -0.2) is 0 Å². The van der Waals surface area contributed by atoms with E-state index in [2.05, 4.69) is 17.1 Å². The summed E-state index contributed by atoms with van der Waals surface area (Å²) in [6.07, 6.45) is 0. The topological polar surface area (TPSA) is 76.6 Å². The van der Waals surface area contributed by atoms with E-state index in [1.165, 1.54) is 0 Å². The molecule has 1 aliphatic rings. The van der Waals surface area contributed by atoms with Gasteiger partial charge in [0.25, 0.3) is 0 Å². The number of rotatable bonds is 2. The van der Waals surface area contributed by atoms with Crippen molar-refractivity contribution in [1.82, 2.24) is 16.4 Å². The van der Waals surface area contributed by atoms with Crippen LogP contribution in [0.25, 0.3) is 0 Å². The molecule has 1 aliphatic heterocycles. The first-order valence-corrected chi connectivity index (χ1v) is 5.61. The van der Waals surface area contributed by atoms with Gasteiger partial charge in [0.2, 0.25) is 0 Å². The maximum absolute atomic E-state index is 11.9. The number of esters is 1. The van der Waals surface area contributed by atoms with Crippen LogP contribution in [0.4, 0.5) is 0 Å². The van der Waals surface area contributed by atoms with Gasteiger partial charge >= 0.3 is 5.97 Å². The van der Waals surface area contributed by atoms with Gasteiger partial charge in [0, 0.05) is 19.6 Å². The summed E-state index contributed by atoms with van der Waals surface area (Å²) in [5, 5.41) is 3.22. The van der Waals surface area contributed by atoms with Crippen molar-refractivity contribution in [2.24, 2.45) is 0 Å². The Balaban J connectivity index is 0.00000225. The summed E-state index contributed by atoms with van der Waals surface area (Å²) in [4.78, 5) is 14.0. The van der Waals surface area contributed by atoms with Crippen molar-refractivity contribution >= 4 is 5.97 Å². The van der Waals surface area contributed by atoms with Gasteiger partial charge in [-0.05, 0) is 27.3 Å². The Morgan fingerprint density at radius 1 is 1.50 bits per heavy atom. The molecule has 0 aromatic carbocycles. The summed E-state index contributed by atoms with van der Waals surface area (Å²) >= 11 is 0. The Kier molecular flexibility index (Phi) is 5.92. The molecule has 5 nitrogen and oxygen atoms in total. The number of hydrogen-bond donors (Lipinski definition) is 2. The predicted octanol–water partition coefficient (Wildman–Crippen LogP) is 0.784. The first kappa shape index (κ1) is 15.3. The maximum Gasteiger partial charge on any atom is 0.325 e. The third-order valence-corrected chi connectivity index (χ3v) is 2.44. The van der Waals surface area contributed by atoms with E-state index >= 15 is 0 Å². The lowest BCUT2D eigenvalue weighted by atomic mass is 10.1. The second-order valence-electron chi connectivity index (χ2n) is 4.88. The van der Waals surface area contributed by atoms with Crippen LogP contribution in [0.3, 0.4) is 0 Å². The first-order valence-electron chi connectivity index (χ1n) is 5.61. The van der Waals surface area contributed by atoms with Crippen LogP contribution in [0.15, 0.2) is 0 Å². The van der Waals surface area contributed by atoms with Gasteiger partial charge in [-0.1, -0.05) is 6.92 Å². The quantitative estimate of drug-likeness (QED) is 0.687. The van der Waals surface area contributed by atoms with Crippen LogP contribution in [0, 0.1) is 0 Å². The molecule has 5 heteroatoms. The van der Waals surface area contributed by atoms with Crippen molar-refractivity contribution in [3.05, 3.63) is 0 Å². The SMILES string of the molecule is CCN1CCNCC1C(=O)OC(C)(C)C.N. The fraction of sp³-hybridized carbons (Fsp3) is 0.909. The zero-order chi connectivity index (χ0) is 11.5. The fourth-order valence-corrected chi connectivity index (χ4v) is 1.73. The molecule has 0 aliphatic carbocycles. The van der Waals surface area contributed by atoms with Crippen LogP contribution in [0.1, 0.15) is 27.7 Å². The summed E-state index contributed by atoms with van der Waals surface area (Å²) in [6.45, 7) is 11.2. The summed E-state index contributed by atoms with van der Waals surface area (Å²) in [6, 6.07) is -0.122. The minimum atomic E-state index is -0.395. The summed E-state index contributed by atoms with van der Waals surface area (Å²) < 4.78 is 5.39. The lowest BCUT2D eigenvalue weighted by Gasteiger charge is -2.35. The molecule has 1 saturated heterocycles. The van der Waals surface area contributed by atoms with Crippen molar-refractivity contribution in [1.29, 1.82) is 0 Å². The molecule has 0 amide bonds. The van der Waals surface area contributed by atoms with E-state index in [9.17, 15) is 4.79 Å². The molecule has 1 rings (SSSR count). The predicted molar refractivity (Wildman–Crippen MR) is 64.8 cm³/mol. The number of carbonyl (C=O) groups excluding carboxylic acids is 1. The average molecular weight is 231 g/mol. The molecule has 0 spiro atoms. The van der Waals surface area contributed by atoms with E-state index in [-0.39, 0.29) is 18.2 Å². The van der Waals surface area contributed by atoms with E-state index in [1.807, 2.05) is 20.8 Å². The minimum Gasteiger partial charge on any atom is -0.459 e. The molecule has 0 saturated carbocycles. The highest BCUT2D eigenvalue weighted by molar-refractivity contribution is 5.76. The van der Waals surface area contributed by atoms with Crippen LogP contribution in [-0.2, 0) is 9.53 Å². The largest absolute Gasteiger partial charge is 0.459 e. The standard InChI is InChI=1S/C11H22N2O2.H3N/c1-5-13-7-6-12-8-9(13)10(14)15-11(2,3)4;/h9,12H,5-8H2,1-4H3;1H3. The molecule has 1 heterocycles. The third-order valence-electron chi connectivity index (χ3n) is 2.44. The van der Waals surface area contributed by atoms with Crippen LogP contribution in [-0.4, -0.2) is 48.7 Å². The molecule has 1 unspecified atom stereocenters. The molecule has 0 aromatic heterocycles. The number of likely N-dealkylation sites (N-methyl/N-ethyl adjacent to an activating group) is 1. The molecular formula is C11H25N3O2. The minimum absolute atomic E-state index is 0. The molecular weight excluding hydrogens is 206 g/mol. The van der Waals surface area contributed by atoms with Crippen LogP contribution in [0.2, 0.25) is 0 Å². The Morgan fingerprint density at radius 3 is 2.62 bits per heavy atom. The average Bonchev–Trinajstić information content (AvgIpc) is 2.15. The second-order valence-corrected chi connectivity index (χ2v) is 4.88. The second kappa shape index (κ2) is 6.18. The third kappa shape index (κ3) is 4.47. The molecule has 0 aromatic rings. The Morgan fingerprint density at radius 2 is 2.12 bits per heavy atom. The van der Waals surface area contributed by atoms with Gasteiger partial charge in [-0.3, -0.25) is 9.69 Å². The number of carbonyl (C=O) groups is 1. The van der Waals surface area contributed by atoms with Crippen LogP contribution < -0.4 is 11.5 Å². The van der Waals surface area contributed by atoms with Crippen molar-refractivity contribution in [2.75, 3.05) is 26.2 Å². The molecule has 0 radical (unpaired) electrons. The number of nitrogens with one attached hydrogen (secondary N) is 1. The summed E-state index contributed by atoms with van der Waals surface area (Å²) in [7, 11) is 0. The Labute approximate surface area is 98.1 Å². The van der Waals surface area contributed by atoms with Gasteiger partial charge in [0.1, 0.15) is 11.6 Å². The van der Waals surface area contributed by atoms with Crippen molar-refractivity contribution in [3.8, 4) is 0 Å². The summed E-state index contributed by atoms with van der Waals surface area (Å²) in [5.41, 5.74) is -0.395. The molecule has 96 valence electrons. The lowest BCUT2D eigenvalue weighted by molar-refractivity contribution is -0.162. The normalized spacial score (nSPS) is 22.4. The Bertz CT molecular complexity index is 226. The smallest absolute Gasteiger partial charge is 0.325 e. The number of ether oxygens (including phenoxy) is 1. The van der Waals surface area contributed by atoms with E-state index in [0.29, 0.717) is 6.54 Å². The van der Waals surface area contributed by atoms with Gasteiger partial charge in [-0.15, -0.1) is 0 Å². The Hall–Kier alpha value is -0.650. The van der Waals surface area contributed by atoms with Gasteiger partial charge in [0.15, 0.2) is 0 Å². The first-order chi connectivity index (χ1) is 6.94. The van der Waals surface area contributed by atoms with E-state index in [1.54, 1.807) is 0 Å². The zero-order valence-electron chi connectivity index (χ0n) is 10.9. The summed E-state index contributed by atoms with van der Waals surface area (Å²) in [5.74, 6) is -0.114. The molecule has 16 heavy (non-hydrogen) atoms. The molecule has 0 bridgehead atoms. The van der Waals surface area contributed by atoms with Gasteiger partial charge in [-0.2, -0.15) is 0 Å². The van der Waals surface area contributed by atoms with Crippen molar-refractivity contribution in [2.45, 2.75) is 39.3 Å². The number of nitrogens with zero attached hydrogens (tertiary/aromatic N) is 1. The lowest BCUT2D eigenvalue weighted by Crippen LogP contribution is -2.56. The molecule has 1 fully saturated rings. The highest BCUT2D eigenvalue weighted by Gasteiger charge is 2.31. The van der Waals surface area contributed by atoms with Crippen molar-refractivity contribution < 1.29 is 9.53 Å². The maximum atomic E-state index is 11.9. The van der Waals surface area contributed by atoms with E-state index in [4.69, 9.17) is 4.74 Å². The fourth-order valence-electron chi connectivity index (χ4n) is 1.73. The highest BCUT2D eigenvalue weighted by atomic mass is 16.6. The highest BCUT2D eigenvalue weighted by Crippen LogP contribution is 2.12. The molecule has 1 atom stereocenters. The van der Waals surface area contributed by atoms with E-state index in [0.717, 1.165) is 19.6 Å². The molecule has 4 N–H and O–H groups in total. The van der Waals surface area contributed by atoms with Gasteiger partial charge in [0.05, 0.1) is 0 Å². The number of piperazine rings is 1. The van der Waals surface area contributed by atoms with Crippen LogP contribution in [0.5, 0.6) is 0 Å². The van der Waals surface area contributed by atoms with Crippen molar-refractivity contribution in [3.63, 3.8) is 0 Å². The monoisotopic (exact) mass is 231 g/mol. The van der Waals surface area contributed by atoms with Gasteiger partial charge < -0.3 is 16.2 Å². The van der Waals surface area contributed by atoms with E-state index < -0.39 is 5.60 Å². The zero-order valence-corrected chi connectivity index (χ0v) is 10.9. The van der Waals surface area contributed by atoms with Crippen LogP contribution >= 0.6 is 0 Å². The number of hydrogen-bond acceptors (Lipinski definition) is 5.